The van der Waals surface area contributed by atoms with Crippen LogP contribution in [0, 0.1) is 0 Å². The highest BCUT2D eigenvalue weighted by Gasteiger charge is 2.22. The lowest BCUT2D eigenvalue weighted by Crippen LogP contribution is -2.40. The SMILES string of the molecule is C=Cc1ccc(CCC[Si](C)(C)c2ccccc2)cc1. The first-order valence-electron chi connectivity index (χ1n) is 7.39. The first-order valence-corrected chi connectivity index (χ1v) is 10.6. The lowest BCUT2D eigenvalue weighted by Gasteiger charge is -2.22. The molecule has 0 bridgehead atoms. The summed E-state index contributed by atoms with van der Waals surface area (Å²) in [6.07, 6.45) is 4.36. The molecule has 0 unspecified atom stereocenters. The van der Waals surface area contributed by atoms with Gasteiger partial charge in [0.2, 0.25) is 0 Å². The molecule has 0 saturated heterocycles. The number of rotatable bonds is 6. The molecule has 0 saturated carbocycles. The molecule has 0 atom stereocenters. The van der Waals surface area contributed by atoms with E-state index in [-0.39, 0.29) is 0 Å². The number of hydrogen-bond donors (Lipinski definition) is 0. The molecule has 2 rings (SSSR count). The second-order valence-corrected chi connectivity index (χ2v) is 10.9. The Kier molecular flexibility index (Phi) is 4.97. The molecule has 0 spiro atoms. The maximum atomic E-state index is 3.79. The van der Waals surface area contributed by atoms with Crippen LogP contribution in [0.15, 0.2) is 61.2 Å². The predicted octanol–water partition coefficient (Wildman–Crippen LogP) is 4.88. The maximum absolute atomic E-state index is 3.79. The van der Waals surface area contributed by atoms with Crippen molar-refractivity contribution in [3.05, 3.63) is 72.3 Å². The molecule has 2 aromatic rings. The van der Waals surface area contributed by atoms with Gasteiger partial charge in [0.25, 0.3) is 0 Å². The molecule has 0 N–H and O–H groups in total. The lowest BCUT2D eigenvalue weighted by molar-refractivity contribution is 0.904. The third kappa shape index (κ3) is 3.94. The Morgan fingerprint density at radius 1 is 0.950 bits per heavy atom. The fourth-order valence-corrected chi connectivity index (χ4v) is 5.03. The smallest absolute Gasteiger partial charge is 0.0806 e. The molecule has 0 aliphatic heterocycles. The molecule has 0 amide bonds. The summed E-state index contributed by atoms with van der Waals surface area (Å²) in [5.41, 5.74) is 2.64. The Hall–Kier alpha value is -1.60. The minimum Gasteiger partial charge on any atom is -0.0985 e. The summed E-state index contributed by atoms with van der Waals surface area (Å²) in [5, 5.41) is 1.57. The van der Waals surface area contributed by atoms with Gasteiger partial charge in [-0.3, -0.25) is 0 Å². The van der Waals surface area contributed by atoms with Crippen LogP contribution in [0.1, 0.15) is 17.5 Å². The van der Waals surface area contributed by atoms with E-state index >= 15 is 0 Å². The minimum absolute atomic E-state index is 1.18. The van der Waals surface area contributed by atoms with E-state index in [9.17, 15) is 0 Å². The highest BCUT2D eigenvalue weighted by atomic mass is 28.3. The zero-order valence-electron chi connectivity index (χ0n) is 12.6. The molecule has 0 nitrogen and oxygen atoms in total. The van der Waals surface area contributed by atoms with Gasteiger partial charge >= 0.3 is 0 Å². The van der Waals surface area contributed by atoms with Crippen molar-refractivity contribution in [2.75, 3.05) is 0 Å². The van der Waals surface area contributed by atoms with Gasteiger partial charge in [-0.25, -0.2) is 0 Å². The topological polar surface area (TPSA) is 0 Å². The summed E-state index contributed by atoms with van der Waals surface area (Å²) < 4.78 is 0. The number of aryl methyl sites for hydroxylation is 1. The van der Waals surface area contributed by atoms with Crippen molar-refractivity contribution in [2.24, 2.45) is 0 Å². The van der Waals surface area contributed by atoms with Gasteiger partial charge in [0.1, 0.15) is 0 Å². The lowest BCUT2D eigenvalue weighted by atomic mass is 10.1. The number of benzene rings is 2. The van der Waals surface area contributed by atoms with Gasteiger partial charge in [-0.1, -0.05) is 98.0 Å². The first kappa shape index (κ1) is 14.8. The largest absolute Gasteiger partial charge is 0.0985 e. The van der Waals surface area contributed by atoms with E-state index in [0.717, 1.165) is 0 Å². The Morgan fingerprint density at radius 3 is 2.20 bits per heavy atom. The van der Waals surface area contributed by atoms with E-state index in [2.05, 4.69) is 74.3 Å². The van der Waals surface area contributed by atoms with Gasteiger partial charge in [-0.2, -0.15) is 0 Å². The second-order valence-electron chi connectivity index (χ2n) is 6.05. The number of hydrogen-bond acceptors (Lipinski definition) is 0. The Bertz CT molecular complexity index is 538. The van der Waals surface area contributed by atoms with Crippen molar-refractivity contribution in [2.45, 2.75) is 32.0 Å². The van der Waals surface area contributed by atoms with Crippen LogP contribution in [0.3, 0.4) is 0 Å². The van der Waals surface area contributed by atoms with E-state index in [1.54, 1.807) is 5.19 Å². The van der Waals surface area contributed by atoms with E-state index in [0.29, 0.717) is 0 Å². The summed E-state index contributed by atoms with van der Waals surface area (Å²) in [4.78, 5) is 0. The van der Waals surface area contributed by atoms with Crippen molar-refractivity contribution in [1.29, 1.82) is 0 Å². The zero-order chi connectivity index (χ0) is 14.4. The van der Waals surface area contributed by atoms with Gasteiger partial charge in [0.15, 0.2) is 0 Å². The molecule has 104 valence electrons. The summed E-state index contributed by atoms with van der Waals surface area (Å²) in [7, 11) is -1.27. The predicted molar refractivity (Wildman–Crippen MR) is 93.2 cm³/mol. The van der Waals surface area contributed by atoms with Gasteiger partial charge in [-0.05, 0) is 17.5 Å². The zero-order valence-corrected chi connectivity index (χ0v) is 13.6. The summed E-state index contributed by atoms with van der Waals surface area (Å²) in [6.45, 7) is 8.74. The maximum Gasteiger partial charge on any atom is 0.0806 e. The highest BCUT2D eigenvalue weighted by Crippen LogP contribution is 2.16. The van der Waals surface area contributed by atoms with Crippen LogP contribution in [0.5, 0.6) is 0 Å². The van der Waals surface area contributed by atoms with Gasteiger partial charge in [0, 0.05) is 0 Å². The molecular weight excluding hydrogens is 256 g/mol. The van der Waals surface area contributed by atoms with Crippen LogP contribution in [0.4, 0.5) is 0 Å². The van der Waals surface area contributed by atoms with E-state index < -0.39 is 8.07 Å². The van der Waals surface area contributed by atoms with Crippen LogP contribution < -0.4 is 5.19 Å². The normalized spacial score (nSPS) is 11.3. The Balaban J connectivity index is 1.90. The van der Waals surface area contributed by atoms with E-state index in [4.69, 9.17) is 0 Å². The van der Waals surface area contributed by atoms with Gasteiger partial charge < -0.3 is 0 Å². The molecule has 0 aliphatic carbocycles. The third-order valence-corrected chi connectivity index (χ3v) is 7.54. The molecule has 0 heterocycles. The fraction of sp³-hybridized carbons (Fsp3) is 0.263. The molecule has 20 heavy (non-hydrogen) atoms. The minimum atomic E-state index is -1.27. The average molecular weight is 280 g/mol. The van der Waals surface area contributed by atoms with Gasteiger partial charge in [-0.15, -0.1) is 0 Å². The Labute approximate surface area is 124 Å². The quantitative estimate of drug-likeness (QED) is 0.662. The Morgan fingerprint density at radius 2 is 1.60 bits per heavy atom. The highest BCUT2D eigenvalue weighted by molar-refractivity contribution is 6.89. The van der Waals surface area contributed by atoms with E-state index in [1.807, 2.05) is 6.08 Å². The summed E-state index contributed by atoms with van der Waals surface area (Å²) in [6, 6.07) is 21.1. The van der Waals surface area contributed by atoms with Crippen LogP contribution >= 0.6 is 0 Å². The standard InChI is InChI=1S/C19H24Si/c1-4-17-12-14-18(15-13-17)9-8-16-20(2,3)19-10-6-5-7-11-19/h4-7,10-15H,1,8-9,16H2,2-3H3. The molecule has 0 radical (unpaired) electrons. The van der Waals surface area contributed by atoms with Crippen molar-refractivity contribution in [3.63, 3.8) is 0 Å². The van der Waals surface area contributed by atoms with Gasteiger partial charge in [0.05, 0.1) is 8.07 Å². The molecule has 0 fully saturated rings. The van der Waals surface area contributed by atoms with Crippen LogP contribution in [-0.4, -0.2) is 8.07 Å². The van der Waals surface area contributed by atoms with Crippen molar-refractivity contribution >= 4 is 19.3 Å². The molecule has 0 aromatic heterocycles. The summed E-state index contributed by atoms with van der Waals surface area (Å²) in [5.74, 6) is 0. The average Bonchev–Trinajstić information content (AvgIpc) is 2.49. The van der Waals surface area contributed by atoms with Crippen LogP contribution in [0.2, 0.25) is 19.1 Å². The summed E-state index contributed by atoms with van der Waals surface area (Å²) >= 11 is 0. The molecule has 2 aromatic carbocycles. The third-order valence-electron chi connectivity index (χ3n) is 4.04. The van der Waals surface area contributed by atoms with Crippen LogP contribution in [0.25, 0.3) is 6.08 Å². The monoisotopic (exact) mass is 280 g/mol. The first-order chi connectivity index (χ1) is 9.62. The van der Waals surface area contributed by atoms with E-state index in [1.165, 1.54) is 30.0 Å². The fourth-order valence-electron chi connectivity index (χ4n) is 2.59. The molecule has 1 heteroatoms. The van der Waals surface area contributed by atoms with Crippen molar-refractivity contribution < 1.29 is 0 Å². The van der Waals surface area contributed by atoms with Crippen molar-refractivity contribution in [3.8, 4) is 0 Å². The second kappa shape index (κ2) is 6.71. The molecule has 0 aliphatic rings. The van der Waals surface area contributed by atoms with Crippen molar-refractivity contribution in [1.82, 2.24) is 0 Å². The van der Waals surface area contributed by atoms with Crippen LogP contribution in [-0.2, 0) is 6.42 Å². The molecular formula is C19H24Si.